The molecule has 0 radical (unpaired) electrons. The van der Waals surface area contributed by atoms with E-state index in [2.05, 4.69) is 0 Å². The van der Waals surface area contributed by atoms with E-state index < -0.39 is 23.5 Å². The van der Waals surface area contributed by atoms with Gasteiger partial charge in [0.05, 0.1) is 18.2 Å². The second-order valence-electron chi connectivity index (χ2n) is 7.72. The molecule has 1 fully saturated rings. The van der Waals surface area contributed by atoms with Crippen molar-refractivity contribution in [3.05, 3.63) is 71.0 Å². The highest BCUT2D eigenvalue weighted by Gasteiger charge is 2.45. The number of ether oxygens (including phenoxy) is 1. The van der Waals surface area contributed by atoms with Crippen LogP contribution in [-0.2, 0) is 9.59 Å². The van der Waals surface area contributed by atoms with E-state index in [1.807, 2.05) is 25.9 Å². The van der Waals surface area contributed by atoms with Crippen LogP contribution in [0.2, 0.25) is 0 Å². The molecule has 31 heavy (non-hydrogen) atoms. The predicted octanol–water partition coefficient (Wildman–Crippen LogP) is 3.60. The van der Waals surface area contributed by atoms with Gasteiger partial charge in [0.15, 0.2) is 0 Å². The number of aliphatic hydroxyl groups excluding tert-OH is 1. The first-order valence-corrected chi connectivity index (χ1v) is 10.2. The topological polar surface area (TPSA) is 70.1 Å². The van der Waals surface area contributed by atoms with E-state index in [4.69, 9.17) is 4.74 Å². The van der Waals surface area contributed by atoms with Gasteiger partial charge in [-0.3, -0.25) is 9.59 Å². The number of likely N-dealkylation sites (N-methyl/N-ethyl adjacent to an activating group) is 1. The van der Waals surface area contributed by atoms with Crippen LogP contribution in [0.4, 0.5) is 4.39 Å². The number of nitrogens with zero attached hydrogens (tertiary/aromatic N) is 2. The van der Waals surface area contributed by atoms with Crippen LogP contribution in [0.3, 0.4) is 0 Å². The van der Waals surface area contributed by atoms with E-state index in [0.29, 0.717) is 31.0 Å². The lowest BCUT2D eigenvalue weighted by Gasteiger charge is -2.26. The van der Waals surface area contributed by atoms with Crippen LogP contribution >= 0.6 is 0 Å². The van der Waals surface area contributed by atoms with Gasteiger partial charge >= 0.3 is 0 Å². The number of aliphatic hydroxyl groups is 1. The number of amides is 1. The van der Waals surface area contributed by atoms with Crippen LogP contribution in [0, 0.1) is 5.82 Å². The van der Waals surface area contributed by atoms with E-state index in [0.717, 1.165) is 6.42 Å². The summed E-state index contributed by atoms with van der Waals surface area (Å²) >= 11 is 0. The molecule has 1 aliphatic rings. The van der Waals surface area contributed by atoms with Crippen LogP contribution in [0.5, 0.6) is 5.75 Å². The minimum absolute atomic E-state index is 0.00223. The highest BCUT2D eigenvalue weighted by atomic mass is 19.1. The molecule has 0 spiro atoms. The minimum Gasteiger partial charge on any atom is -0.507 e. The van der Waals surface area contributed by atoms with Crippen LogP contribution in [-0.4, -0.2) is 60.4 Å². The highest BCUT2D eigenvalue weighted by molar-refractivity contribution is 6.46. The molecule has 6 nitrogen and oxygen atoms in total. The summed E-state index contributed by atoms with van der Waals surface area (Å²) in [7, 11) is 3.76. The molecule has 1 heterocycles. The molecule has 1 unspecified atom stereocenters. The molecule has 2 aromatic rings. The van der Waals surface area contributed by atoms with E-state index in [1.54, 1.807) is 24.3 Å². The second kappa shape index (κ2) is 9.75. The van der Waals surface area contributed by atoms with Crippen molar-refractivity contribution in [1.82, 2.24) is 9.80 Å². The molecule has 2 aromatic carbocycles. The van der Waals surface area contributed by atoms with Gasteiger partial charge in [0.1, 0.15) is 17.3 Å². The molecule has 0 aromatic heterocycles. The SMILES string of the molecule is CCCOc1ccc(C2C(=C(O)c3ccc(F)cc3)C(=O)C(=O)N2CCN(C)C)cc1. The van der Waals surface area contributed by atoms with Gasteiger partial charge in [-0.15, -0.1) is 0 Å². The van der Waals surface area contributed by atoms with Crippen molar-refractivity contribution in [2.45, 2.75) is 19.4 Å². The summed E-state index contributed by atoms with van der Waals surface area (Å²) in [4.78, 5) is 29.1. The Bertz CT molecular complexity index is 968. The number of hydrogen-bond donors (Lipinski definition) is 1. The Hall–Kier alpha value is -3.19. The minimum atomic E-state index is -0.753. The van der Waals surface area contributed by atoms with Gasteiger partial charge in [-0.2, -0.15) is 0 Å². The molecule has 1 amide bonds. The van der Waals surface area contributed by atoms with Crippen molar-refractivity contribution in [3.8, 4) is 5.75 Å². The van der Waals surface area contributed by atoms with Crippen molar-refractivity contribution in [3.63, 3.8) is 0 Å². The molecule has 1 aliphatic heterocycles. The number of hydrogen-bond acceptors (Lipinski definition) is 5. The number of halogens is 1. The maximum absolute atomic E-state index is 13.3. The normalized spacial score (nSPS) is 18.1. The van der Waals surface area contributed by atoms with Gasteiger partial charge in [-0.1, -0.05) is 19.1 Å². The van der Waals surface area contributed by atoms with Gasteiger partial charge < -0.3 is 19.6 Å². The lowest BCUT2D eigenvalue weighted by Crippen LogP contribution is -2.35. The Morgan fingerprint density at radius 1 is 1.10 bits per heavy atom. The van der Waals surface area contributed by atoms with Crippen molar-refractivity contribution < 1.29 is 23.8 Å². The van der Waals surface area contributed by atoms with Gasteiger partial charge in [-0.05, 0) is 62.5 Å². The average Bonchev–Trinajstić information content (AvgIpc) is 3.01. The molecule has 164 valence electrons. The third-order valence-electron chi connectivity index (χ3n) is 5.11. The molecular formula is C24H27FN2O4. The lowest BCUT2D eigenvalue weighted by molar-refractivity contribution is -0.140. The zero-order valence-electron chi connectivity index (χ0n) is 18.0. The summed E-state index contributed by atoms with van der Waals surface area (Å²) in [6.45, 7) is 3.47. The van der Waals surface area contributed by atoms with E-state index in [1.165, 1.54) is 29.2 Å². The summed E-state index contributed by atoms with van der Waals surface area (Å²) in [5.41, 5.74) is 0.961. The van der Waals surface area contributed by atoms with Crippen molar-refractivity contribution in [1.29, 1.82) is 0 Å². The Balaban J connectivity index is 2.06. The summed E-state index contributed by atoms with van der Waals surface area (Å²) in [6.07, 6.45) is 0.879. The summed E-state index contributed by atoms with van der Waals surface area (Å²) in [6, 6.07) is 11.6. The summed E-state index contributed by atoms with van der Waals surface area (Å²) in [5, 5.41) is 10.9. The third-order valence-corrected chi connectivity index (χ3v) is 5.11. The van der Waals surface area contributed by atoms with Crippen molar-refractivity contribution >= 4 is 17.4 Å². The maximum Gasteiger partial charge on any atom is 0.295 e. The van der Waals surface area contributed by atoms with Gasteiger partial charge in [0.2, 0.25) is 0 Å². The summed E-state index contributed by atoms with van der Waals surface area (Å²) in [5.74, 6) is -1.50. The number of ketones is 1. The Labute approximate surface area is 181 Å². The number of carbonyl (C=O) groups excluding carboxylic acids is 2. The molecule has 7 heteroatoms. The fourth-order valence-electron chi connectivity index (χ4n) is 3.49. The maximum atomic E-state index is 13.3. The van der Waals surface area contributed by atoms with Crippen molar-refractivity contribution in [2.24, 2.45) is 0 Å². The largest absolute Gasteiger partial charge is 0.507 e. The van der Waals surface area contributed by atoms with Crippen LogP contribution in [0.15, 0.2) is 54.1 Å². The zero-order valence-corrected chi connectivity index (χ0v) is 18.0. The number of benzene rings is 2. The summed E-state index contributed by atoms with van der Waals surface area (Å²) < 4.78 is 19.0. The second-order valence-corrected chi connectivity index (χ2v) is 7.72. The third kappa shape index (κ3) is 4.94. The van der Waals surface area contributed by atoms with Crippen LogP contribution in [0.1, 0.15) is 30.5 Å². The first-order valence-electron chi connectivity index (χ1n) is 10.2. The Morgan fingerprint density at radius 2 is 1.74 bits per heavy atom. The smallest absolute Gasteiger partial charge is 0.295 e. The van der Waals surface area contributed by atoms with E-state index in [-0.39, 0.29) is 16.9 Å². The molecular weight excluding hydrogens is 399 g/mol. The van der Waals surface area contributed by atoms with Crippen LogP contribution < -0.4 is 4.74 Å². The van der Waals surface area contributed by atoms with E-state index in [9.17, 15) is 19.1 Å². The molecule has 0 aliphatic carbocycles. The highest BCUT2D eigenvalue weighted by Crippen LogP contribution is 2.39. The quantitative estimate of drug-likeness (QED) is 0.397. The molecule has 1 N–H and O–H groups in total. The van der Waals surface area contributed by atoms with E-state index >= 15 is 0 Å². The average molecular weight is 426 g/mol. The van der Waals surface area contributed by atoms with Crippen molar-refractivity contribution in [2.75, 3.05) is 33.8 Å². The first kappa shape index (κ1) is 22.5. The van der Waals surface area contributed by atoms with Gasteiger partial charge in [0, 0.05) is 18.7 Å². The van der Waals surface area contributed by atoms with Gasteiger partial charge in [0.25, 0.3) is 11.7 Å². The number of rotatable bonds is 8. The fourth-order valence-corrected chi connectivity index (χ4v) is 3.49. The lowest BCUT2D eigenvalue weighted by atomic mass is 9.95. The first-order chi connectivity index (χ1) is 14.8. The standard InChI is InChI=1S/C24H27FN2O4/c1-4-15-31-19-11-7-16(8-12-19)21-20(22(28)17-5-9-18(25)10-6-17)23(29)24(30)27(21)14-13-26(2)3/h5-12,21,28H,4,13-15H2,1-3H3. The Morgan fingerprint density at radius 3 is 2.32 bits per heavy atom. The molecule has 0 bridgehead atoms. The monoisotopic (exact) mass is 426 g/mol. The molecule has 0 saturated carbocycles. The molecule has 1 atom stereocenters. The molecule has 1 saturated heterocycles. The van der Waals surface area contributed by atoms with Gasteiger partial charge in [-0.25, -0.2) is 4.39 Å². The number of carbonyl (C=O) groups is 2. The Kier molecular flexibility index (Phi) is 7.07. The molecule has 3 rings (SSSR count). The number of Topliss-reactive ketones (excluding diaryl/α,β-unsaturated/α-hetero) is 1. The fraction of sp³-hybridized carbons (Fsp3) is 0.333. The predicted molar refractivity (Wildman–Crippen MR) is 116 cm³/mol. The zero-order chi connectivity index (χ0) is 22.5. The van der Waals surface area contributed by atoms with Crippen LogP contribution in [0.25, 0.3) is 5.76 Å². The number of likely N-dealkylation sites (tertiary alicyclic amines) is 1.